The number of methoxy groups -OCH3 is 1. The topological polar surface area (TPSA) is 93.7 Å². The molecule has 0 bridgehead atoms. The Hall–Kier alpha value is -2.21. The van der Waals surface area contributed by atoms with E-state index in [1.54, 1.807) is 7.11 Å². The first-order valence-electron chi connectivity index (χ1n) is 9.46. The van der Waals surface area contributed by atoms with Gasteiger partial charge >= 0.3 is 0 Å². The molecule has 0 spiro atoms. The van der Waals surface area contributed by atoms with Crippen molar-refractivity contribution in [2.75, 3.05) is 20.3 Å². The van der Waals surface area contributed by atoms with Crippen LogP contribution in [0.2, 0.25) is 0 Å². The van der Waals surface area contributed by atoms with Gasteiger partial charge in [-0.25, -0.2) is 4.99 Å². The van der Waals surface area contributed by atoms with E-state index in [1.165, 1.54) is 0 Å². The van der Waals surface area contributed by atoms with Gasteiger partial charge in [0.05, 0.1) is 31.9 Å². The van der Waals surface area contributed by atoms with Gasteiger partial charge in [0.1, 0.15) is 0 Å². The lowest BCUT2D eigenvalue weighted by Crippen LogP contribution is -2.37. The number of pyridine rings is 1. The van der Waals surface area contributed by atoms with Crippen molar-refractivity contribution in [2.24, 2.45) is 4.99 Å². The molecular formula is C19H29IN8O. The summed E-state index contributed by atoms with van der Waals surface area (Å²) in [5.41, 5.74) is 4.09. The minimum atomic E-state index is 0. The Morgan fingerprint density at radius 2 is 2.03 bits per heavy atom. The molecule has 9 nitrogen and oxygen atoms in total. The molecule has 0 saturated heterocycles. The molecule has 0 aromatic carbocycles. The van der Waals surface area contributed by atoms with E-state index in [-0.39, 0.29) is 24.0 Å². The quantitative estimate of drug-likeness (QED) is 0.273. The molecule has 158 valence electrons. The Bertz CT molecular complexity index is 949. The second kappa shape index (κ2) is 11.1. The number of halogens is 1. The molecule has 3 heterocycles. The molecule has 0 fully saturated rings. The monoisotopic (exact) mass is 512 g/mol. The average Bonchev–Trinajstić information content (AvgIpc) is 3.23. The van der Waals surface area contributed by atoms with Gasteiger partial charge in [-0.2, -0.15) is 5.10 Å². The smallest absolute Gasteiger partial charge is 0.191 e. The first-order chi connectivity index (χ1) is 13.6. The van der Waals surface area contributed by atoms with E-state index >= 15 is 0 Å². The number of guanidine groups is 1. The van der Waals surface area contributed by atoms with Crippen LogP contribution in [-0.2, 0) is 24.4 Å². The lowest BCUT2D eigenvalue weighted by atomic mass is 10.2. The molecule has 3 aromatic rings. The Morgan fingerprint density at radius 3 is 2.79 bits per heavy atom. The number of hydrogen-bond acceptors (Lipinski definition) is 5. The molecule has 0 atom stereocenters. The number of fused-ring (bicyclic) bond motifs is 1. The number of nitrogens with zero attached hydrogens (tertiary/aromatic N) is 6. The maximum Gasteiger partial charge on any atom is 0.191 e. The van der Waals surface area contributed by atoms with Crippen LogP contribution >= 0.6 is 24.0 Å². The van der Waals surface area contributed by atoms with E-state index in [0.717, 1.165) is 47.5 Å². The number of nitrogens with one attached hydrogen (secondary N) is 2. The minimum absolute atomic E-state index is 0. The van der Waals surface area contributed by atoms with Gasteiger partial charge in [-0.15, -0.1) is 34.2 Å². The highest BCUT2D eigenvalue weighted by Crippen LogP contribution is 2.14. The van der Waals surface area contributed by atoms with Crippen LogP contribution < -0.4 is 10.6 Å². The molecular weight excluding hydrogens is 483 g/mol. The first kappa shape index (κ1) is 23.1. The predicted octanol–water partition coefficient (Wildman–Crippen LogP) is 2.06. The van der Waals surface area contributed by atoms with Crippen molar-refractivity contribution in [3.05, 3.63) is 47.2 Å². The number of aromatic nitrogens is 5. The van der Waals surface area contributed by atoms with Crippen molar-refractivity contribution in [1.29, 1.82) is 0 Å². The van der Waals surface area contributed by atoms with Gasteiger partial charge in [-0.1, -0.05) is 6.07 Å². The van der Waals surface area contributed by atoms with E-state index in [9.17, 15) is 0 Å². The third-order valence-corrected chi connectivity index (χ3v) is 4.58. The van der Waals surface area contributed by atoms with Gasteiger partial charge in [0.15, 0.2) is 17.4 Å². The highest BCUT2D eigenvalue weighted by atomic mass is 127. The molecule has 0 aliphatic rings. The summed E-state index contributed by atoms with van der Waals surface area (Å²) >= 11 is 0. The molecule has 0 aliphatic heterocycles. The third-order valence-electron chi connectivity index (χ3n) is 4.58. The summed E-state index contributed by atoms with van der Waals surface area (Å²) in [6.07, 6.45) is 1.96. The third kappa shape index (κ3) is 5.66. The molecule has 0 saturated carbocycles. The molecule has 3 aromatic heterocycles. The van der Waals surface area contributed by atoms with Gasteiger partial charge in [0, 0.05) is 31.1 Å². The number of aryl methyl sites for hydroxylation is 1. The summed E-state index contributed by atoms with van der Waals surface area (Å²) in [5, 5.41) is 19.6. The van der Waals surface area contributed by atoms with Crippen molar-refractivity contribution in [3.63, 3.8) is 0 Å². The van der Waals surface area contributed by atoms with Crippen molar-refractivity contribution in [1.82, 2.24) is 35.0 Å². The average molecular weight is 512 g/mol. The van der Waals surface area contributed by atoms with E-state index < -0.39 is 0 Å². The van der Waals surface area contributed by atoms with Gasteiger partial charge in [0.25, 0.3) is 0 Å². The fourth-order valence-corrected chi connectivity index (χ4v) is 3.03. The Balaban J connectivity index is 0.00000300. The van der Waals surface area contributed by atoms with Crippen molar-refractivity contribution in [3.8, 4) is 0 Å². The normalized spacial score (nSPS) is 11.5. The van der Waals surface area contributed by atoms with Gasteiger partial charge in [-0.05, 0) is 32.9 Å². The van der Waals surface area contributed by atoms with Crippen LogP contribution in [0, 0.1) is 13.8 Å². The Labute approximate surface area is 188 Å². The van der Waals surface area contributed by atoms with Gasteiger partial charge < -0.3 is 15.4 Å². The van der Waals surface area contributed by atoms with Crippen LogP contribution in [0.1, 0.15) is 29.7 Å². The minimum Gasteiger partial charge on any atom is -0.383 e. The molecule has 0 amide bonds. The lowest BCUT2D eigenvalue weighted by molar-refractivity contribution is 0.182. The number of hydrogen-bond donors (Lipinski definition) is 2. The van der Waals surface area contributed by atoms with E-state index in [4.69, 9.17) is 9.73 Å². The summed E-state index contributed by atoms with van der Waals surface area (Å²) in [6, 6.07) is 5.85. The van der Waals surface area contributed by atoms with Crippen LogP contribution in [0.15, 0.2) is 29.4 Å². The SMILES string of the molecule is CCNC(=NCc1c(C)nn(CCOC)c1C)NCc1nnc2ccccn12.I. The highest BCUT2D eigenvalue weighted by Gasteiger charge is 2.12. The fourth-order valence-electron chi connectivity index (χ4n) is 3.03. The molecule has 0 radical (unpaired) electrons. The second-order valence-electron chi connectivity index (χ2n) is 6.46. The van der Waals surface area contributed by atoms with Gasteiger partial charge in [0.2, 0.25) is 0 Å². The zero-order valence-electron chi connectivity index (χ0n) is 17.3. The number of rotatable bonds is 8. The molecule has 29 heavy (non-hydrogen) atoms. The summed E-state index contributed by atoms with van der Waals surface area (Å²) in [7, 11) is 1.70. The largest absolute Gasteiger partial charge is 0.383 e. The van der Waals surface area contributed by atoms with Crippen LogP contribution in [0.4, 0.5) is 0 Å². The van der Waals surface area contributed by atoms with Gasteiger partial charge in [-0.3, -0.25) is 9.08 Å². The van der Waals surface area contributed by atoms with Crippen molar-refractivity contribution >= 4 is 35.6 Å². The number of aliphatic imine (C=N–C) groups is 1. The van der Waals surface area contributed by atoms with Crippen LogP contribution in [-0.4, -0.2) is 50.6 Å². The summed E-state index contributed by atoms with van der Waals surface area (Å²) in [5.74, 6) is 1.57. The summed E-state index contributed by atoms with van der Waals surface area (Å²) < 4.78 is 9.10. The van der Waals surface area contributed by atoms with Crippen LogP contribution in [0.5, 0.6) is 0 Å². The molecule has 3 rings (SSSR count). The van der Waals surface area contributed by atoms with Crippen molar-refractivity contribution < 1.29 is 4.74 Å². The maximum atomic E-state index is 5.16. The molecule has 2 N–H and O–H groups in total. The molecule has 0 unspecified atom stereocenters. The van der Waals surface area contributed by atoms with Crippen molar-refractivity contribution in [2.45, 2.75) is 40.4 Å². The van der Waals surface area contributed by atoms with Crippen LogP contribution in [0.3, 0.4) is 0 Å². The van der Waals surface area contributed by atoms with E-state index in [1.807, 2.05) is 47.3 Å². The van der Waals surface area contributed by atoms with E-state index in [0.29, 0.717) is 19.7 Å². The zero-order valence-corrected chi connectivity index (χ0v) is 19.7. The summed E-state index contributed by atoms with van der Waals surface area (Å²) in [4.78, 5) is 4.73. The maximum absolute atomic E-state index is 5.16. The van der Waals surface area contributed by atoms with E-state index in [2.05, 4.69) is 32.9 Å². The summed E-state index contributed by atoms with van der Waals surface area (Å²) in [6.45, 7) is 9.38. The fraction of sp³-hybridized carbons (Fsp3) is 0.474. The zero-order chi connectivity index (χ0) is 19.9. The first-order valence-corrected chi connectivity index (χ1v) is 9.46. The Kier molecular flexibility index (Phi) is 8.83. The number of ether oxygens (including phenoxy) is 1. The lowest BCUT2D eigenvalue weighted by Gasteiger charge is -2.11. The Morgan fingerprint density at radius 1 is 1.21 bits per heavy atom. The highest BCUT2D eigenvalue weighted by molar-refractivity contribution is 14.0. The molecule has 10 heteroatoms. The molecule has 0 aliphatic carbocycles. The predicted molar refractivity (Wildman–Crippen MR) is 124 cm³/mol. The standard InChI is InChI=1S/C19H28N8O.HI/c1-5-20-19(22-13-18-24-23-17-8-6-7-9-26(17)18)21-12-16-14(2)25-27(15(16)3)10-11-28-4;/h6-9H,5,10-13H2,1-4H3,(H2,20,21,22);1H. The van der Waals surface area contributed by atoms with Crippen LogP contribution in [0.25, 0.3) is 5.65 Å². The second-order valence-corrected chi connectivity index (χ2v) is 6.46.